The number of fused-ring (bicyclic) bond motifs is 2. The lowest BCUT2D eigenvalue weighted by atomic mass is 9.66. The van der Waals surface area contributed by atoms with E-state index in [4.69, 9.17) is 10.5 Å². The van der Waals surface area contributed by atoms with Gasteiger partial charge >= 0.3 is 6.09 Å². The summed E-state index contributed by atoms with van der Waals surface area (Å²) in [5.41, 5.74) is 8.42. The third kappa shape index (κ3) is 2.03. The molecule has 4 heteroatoms. The van der Waals surface area contributed by atoms with Crippen LogP contribution in [0, 0.1) is 0 Å². The molecule has 0 bridgehead atoms. The maximum atomic E-state index is 12.4. The molecule has 1 aromatic carbocycles. The molecule has 1 aromatic rings. The smallest absolute Gasteiger partial charge is 0.414 e. The number of benzene rings is 1. The lowest BCUT2D eigenvalue weighted by Gasteiger charge is -2.39. The maximum Gasteiger partial charge on any atom is 0.414 e. The predicted molar refractivity (Wildman–Crippen MR) is 80.0 cm³/mol. The first-order chi connectivity index (χ1) is 9.31. The number of hydrogen-bond donors (Lipinski definition) is 1. The second-order valence-corrected chi connectivity index (χ2v) is 6.98. The van der Waals surface area contributed by atoms with Crippen molar-refractivity contribution in [3.8, 4) is 0 Å². The zero-order chi connectivity index (χ0) is 14.5. The second kappa shape index (κ2) is 4.14. The molecule has 4 nitrogen and oxygen atoms in total. The Kier molecular flexibility index (Phi) is 2.75. The van der Waals surface area contributed by atoms with Gasteiger partial charge in [0.15, 0.2) is 0 Å². The highest BCUT2D eigenvalue weighted by Gasteiger charge is 2.49. The van der Waals surface area contributed by atoms with Crippen molar-refractivity contribution in [1.82, 2.24) is 0 Å². The van der Waals surface area contributed by atoms with Crippen LogP contribution in [0.2, 0.25) is 0 Å². The second-order valence-electron chi connectivity index (χ2n) is 6.98. The summed E-state index contributed by atoms with van der Waals surface area (Å²) in [6, 6.07) is 5.90. The van der Waals surface area contributed by atoms with Gasteiger partial charge in [-0.05, 0) is 51.3 Å². The standard InChI is InChI=1S/C16H22N2O2/c1-15(2,3)20-14(19)18-10-16(7-4-8-16)12-6-5-11(17)9-13(12)18/h5-6,9H,4,7-8,10,17H2,1-3H3. The number of carbonyl (C=O) groups excluding carboxylic acids is 1. The minimum absolute atomic E-state index is 0.139. The molecule has 1 aliphatic carbocycles. The van der Waals surface area contributed by atoms with Crippen molar-refractivity contribution in [3.05, 3.63) is 23.8 Å². The summed E-state index contributed by atoms with van der Waals surface area (Å²) in [5, 5.41) is 0. The van der Waals surface area contributed by atoms with Crippen LogP contribution in [-0.2, 0) is 10.2 Å². The number of amides is 1. The summed E-state index contributed by atoms with van der Waals surface area (Å²) < 4.78 is 5.53. The van der Waals surface area contributed by atoms with Gasteiger partial charge in [0.25, 0.3) is 0 Å². The van der Waals surface area contributed by atoms with Crippen LogP contribution in [-0.4, -0.2) is 18.2 Å². The molecule has 108 valence electrons. The van der Waals surface area contributed by atoms with Gasteiger partial charge in [0.1, 0.15) is 5.60 Å². The van der Waals surface area contributed by atoms with Crippen LogP contribution in [0.25, 0.3) is 0 Å². The van der Waals surface area contributed by atoms with Crippen LogP contribution in [0.5, 0.6) is 0 Å². The maximum absolute atomic E-state index is 12.4. The molecule has 20 heavy (non-hydrogen) atoms. The third-order valence-corrected chi connectivity index (χ3v) is 4.27. The highest BCUT2D eigenvalue weighted by molar-refractivity contribution is 5.92. The van der Waals surface area contributed by atoms with Gasteiger partial charge in [-0.3, -0.25) is 4.90 Å². The van der Waals surface area contributed by atoms with E-state index in [2.05, 4.69) is 6.07 Å². The van der Waals surface area contributed by atoms with Crippen molar-refractivity contribution in [3.63, 3.8) is 0 Å². The zero-order valence-electron chi connectivity index (χ0n) is 12.4. The molecule has 1 saturated carbocycles. The van der Waals surface area contributed by atoms with Crippen LogP contribution in [0.3, 0.4) is 0 Å². The molecule has 1 heterocycles. The average molecular weight is 274 g/mol. The molecule has 1 amide bonds. The molecule has 1 spiro atoms. The molecule has 1 fully saturated rings. The van der Waals surface area contributed by atoms with E-state index < -0.39 is 5.60 Å². The van der Waals surface area contributed by atoms with Crippen LogP contribution >= 0.6 is 0 Å². The highest BCUT2D eigenvalue weighted by atomic mass is 16.6. The summed E-state index contributed by atoms with van der Waals surface area (Å²) in [5.74, 6) is 0. The van der Waals surface area contributed by atoms with E-state index >= 15 is 0 Å². The molecule has 0 saturated heterocycles. The Bertz CT molecular complexity index is 556. The minimum atomic E-state index is -0.479. The topological polar surface area (TPSA) is 55.6 Å². The van der Waals surface area contributed by atoms with E-state index in [0.29, 0.717) is 5.69 Å². The summed E-state index contributed by atoms with van der Waals surface area (Å²) in [6.07, 6.45) is 3.24. The normalized spacial score (nSPS) is 19.6. The summed E-state index contributed by atoms with van der Waals surface area (Å²) in [6.45, 7) is 6.39. The number of nitrogen functional groups attached to an aromatic ring is 1. The minimum Gasteiger partial charge on any atom is -0.443 e. The van der Waals surface area contributed by atoms with E-state index in [1.807, 2.05) is 32.9 Å². The SMILES string of the molecule is CC(C)(C)OC(=O)N1CC2(CCC2)c2ccc(N)cc21. The number of nitrogens with zero attached hydrogens (tertiary/aromatic N) is 1. The Morgan fingerprint density at radius 2 is 2.05 bits per heavy atom. The lowest BCUT2D eigenvalue weighted by molar-refractivity contribution is 0.0572. The summed E-state index contributed by atoms with van der Waals surface area (Å²) in [4.78, 5) is 14.2. The van der Waals surface area contributed by atoms with Crippen molar-refractivity contribution in [2.24, 2.45) is 0 Å². The van der Waals surface area contributed by atoms with Gasteiger partial charge < -0.3 is 10.5 Å². The molecule has 0 unspecified atom stereocenters. The van der Waals surface area contributed by atoms with Crippen molar-refractivity contribution >= 4 is 17.5 Å². The molecular weight excluding hydrogens is 252 g/mol. The number of rotatable bonds is 0. The Balaban J connectivity index is 1.95. The predicted octanol–water partition coefficient (Wildman–Crippen LogP) is 3.45. The number of ether oxygens (including phenoxy) is 1. The number of anilines is 2. The number of nitrogens with two attached hydrogens (primary N) is 1. The van der Waals surface area contributed by atoms with Crippen molar-refractivity contribution < 1.29 is 9.53 Å². The molecular formula is C16H22N2O2. The molecule has 2 N–H and O–H groups in total. The van der Waals surface area contributed by atoms with E-state index in [0.717, 1.165) is 25.1 Å². The third-order valence-electron chi connectivity index (χ3n) is 4.27. The molecule has 2 aliphatic rings. The van der Waals surface area contributed by atoms with E-state index in [9.17, 15) is 4.79 Å². The molecule has 0 atom stereocenters. The van der Waals surface area contributed by atoms with Crippen LogP contribution in [0.4, 0.5) is 16.2 Å². The van der Waals surface area contributed by atoms with Crippen molar-refractivity contribution in [2.75, 3.05) is 17.2 Å². The van der Waals surface area contributed by atoms with Gasteiger partial charge in [-0.25, -0.2) is 4.79 Å². The van der Waals surface area contributed by atoms with E-state index in [-0.39, 0.29) is 11.5 Å². The van der Waals surface area contributed by atoms with Crippen LogP contribution in [0.1, 0.15) is 45.6 Å². The Labute approximate surface area is 119 Å². The summed E-state index contributed by atoms with van der Waals surface area (Å²) >= 11 is 0. The first kappa shape index (κ1) is 13.3. The first-order valence-electron chi connectivity index (χ1n) is 7.21. The van der Waals surface area contributed by atoms with Gasteiger partial charge in [0.05, 0.1) is 5.69 Å². The summed E-state index contributed by atoms with van der Waals surface area (Å²) in [7, 11) is 0. The van der Waals surface area contributed by atoms with Gasteiger partial charge in [-0.15, -0.1) is 0 Å². The molecule has 0 aromatic heterocycles. The number of hydrogen-bond acceptors (Lipinski definition) is 3. The monoisotopic (exact) mass is 274 g/mol. The fourth-order valence-electron chi connectivity index (χ4n) is 3.20. The molecule has 1 aliphatic heterocycles. The fourth-order valence-corrected chi connectivity index (χ4v) is 3.20. The Hall–Kier alpha value is -1.71. The molecule has 0 radical (unpaired) electrons. The van der Waals surface area contributed by atoms with Crippen LogP contribution < -0.4 is 10.6 Å². The van der Waals surface area contributed by atoms with Gasteiger partial charge in [-0.1, -0.05) is 12.5 Å². The van der Waals surface area contributed by atoms with Gasteiger partial charge in [0, 0.05) is 17.6 Å². The largest absolute Gasteiger partial charge is 0.443 e. The van der Waals surface area contributed by atoms with Gasteiger partial charge in [0.2, 0.25) is 0 Å². The lowest BCUT2D eigenvalue weighted by Crippen LogP contribution is -2.43. The zero-order valence-corrected chi connectivity index (χ0v) is 12.4. The van der Waals surface area contributed by atoms with Crippen molar-refractivity contribution in [2.45, 2.75) is 51.0 Å². The molecule has 3 rings (SSSR count). The highest BCUT2D eigenvalue weighted by Crippen LogP contribution is 2.53. The van der Waals surface area contributed by atoms with Crippen molar-refractivity contribution in [1.29, 1.82) is 0 Å². The number of carbonyl (C=O) groups is 1. The van der Waals surface area contributed by atoms with E-state index in [1.54, 1.807) is 4.90 Å². The fraction of sp³-hybridized carbons (Fsp3) is 0.562. The quantitative estimate of drug-likeness (QED) is 0.737. The van der Waals surface area contributed by atoms with Crippen LogP contribution in [0.15, 0.2) is 18.2 Å². The Morgan fingerprint density at radius 1 is 1.35 bits per heavy atom. The van der Waals surface area contributed by atoms with Gasteiger partial charge in [-0.2, -0.15) is 0 Å². The Morgan fingerprint density at radius 3 is 2.60 bits per heavy atom. The van der Waals surface area contributed by atoms with E-state index in [1.165, 1.54) is 12.0 Å². The first-order valence-corrected chi connectivity index (χ1v) is 7.21. The average Bonchev–Trinajstić information content (AvgIpc) is 2.60.